The van der Waals surface area contributed by atoms with Crippen LogP contribution in [0.5, 0.6) is 0 Å². The minimum Gasteiger partial charge on any atom is -0.381 e. The van der Waals surface area contributed by atoms with Gasteiger partial charge >= 0.3 is 6.18 Å². The lowest BCUT2D eigenvalue weighted by Crippen LogP contribution is -2.42. The van der Waals surface area contributed by atoms with Gasteiger partial charge in [0.2, 0.25) is 5.95 Å². The largest absolute Gasteiger partial charge is 0.416 e. The summed E-state index contributed by atoms with van der Waals surface area (Å²) in [5.74, 6) is 0.0107. The quantitative estimate of drug-likeness (QED) is 0.642. The van der Waals surface area contributed by atoms with Crippen molar-refractivity contribution in [3.05, 3.63) is 71.8 Å². The van der Waals surface area contributed by atoms with Crippen LogP contribution in [0.25, 0.3) is 11.1 Å². The third-order valence-corrected chi connectivity index (χ3v) is 5.81. The smallest absolute Gasteiger partial charge is 0.381 e. The molecule has 0 aliphatic carbocycles. The van der Waals surface area contributed by atoms with E-state index in [0.717, 1.165) is 35.0 Å². The van der Waals surface area contributed by atoms with Gasteiger partial charge in [-0.15, -0.1) is 0 Å². The number of Topliss-reactive ketones (excluding diaryl/α,β-unsaturated/α-hetero) is 1. The zero-order valence-corrected chi connectivity index (χ0v) is 17.1. The summed E-state index contributed by atoms with van der Waals surface area (Å²) in [7, 11) is 0. The zero-order valence-electron chi connectivity index (χ0n) is 17.1. The van der Waals surface area contributed by atoms with Gasteiger partial charge < -0.3 is 10.5 Å². The summed E-state index contributed by atoms with van der Waals surface area (Å²) in [5, 5.41) is 0. The normalized spacial score (nSPS) is 16.0. The van der Waals surface area contributed by atoms with E-state index in [1.807, 2.05) is 24.3 Å². The van der Waals surface area contributed by atoms with Crippen molar-refractivity contribution in [2.75, 3.05) is 18.9 Å². The molecule has 2 aromatic heterocycles. The zero-order chi connectivity index (χ0) is 22.8. The molecule has 0 bridgehead atoms. The highest BCUT2D eigenvalue weighted by Gasteiger charge is 2.41. The van der Waals surface area contributed by atoms with Gasteiger partial charge in [-0.25, -0.2) is 9.97 Å². The molecule has 2 N–H and O–H groups in total. The van der Waals surface area contributed by atoms with Crippen LogP contribution in [0.2, 0.25) is 0 Å². The molecule has 0 saturated carbocycles. The van der Waals surface area contributed by atoms with Crippen LogP contribution in [0.4, 0.5) is 19.1 Å². The Balaban J connectivity index is 1.62. The van der Waals surface area contributed by atoms with Gasteiger partial charge in [0.15, 0.2) is 0 Å². The number of ether oxygens (including phenoxy) is 1. The Labute approximate surface area is 182 Å². The molecular weight excluding hydrogens is 421 g/mol. The lowest BCUT2D eigenvalue weighted by atomic mass is 9.69. The molecule has 1 fully saturated rings. The average molecular weight is 442 g/mol. The second-order valence-electron chi connectivity index (χ2n) is 7.74. The van der Waals surface area contributed by atoms with E-state index in [1.165, 1.54) is 0 Å². The Hall–Kier alpha value is -3.33. The average Bonchev–Trinajstić information content (AvgIpc) is 2.80. The fraction of sp³-hybridized carbons (Fsp3) is 0.304. The van der Waals surface area contributed by atoms with Gasteiger partial charge in [-0.3, -0.25) is 9.78 Å². The Kier molecular flexibility index (Phi) is 5.92. The SMILES string of the molecule is Nc1ncc(-c2ccc(C3(C(=O)Cc4cc(C(F)(F)F)ccn4)CCOCC3)cc2)cn1. The number of nitrogen functional groups attached to an aromatic ring is 1. The first-order chi connectivity index (χ1) is 15.3. The van der Waals surface area contributed by atoms with Crippen LogP contribution in [0.15, 0.2) is 55.0 Å². The molecule has 9 heteroatoms. The fourth-order valence-corrected chi connectivity index (χ4v) is 4.00. The number of carbonyl (C=O) groups is 1. The number of hydrogen-bond donors (Lipinski definition) is 1. The fourth-order valence-electron chi connectivity index (χ4n) is 4.00. The predicted molar refractivity (Wildman–Crippen MR) is 112 cm³/mol. The number of anilines is 1. The van der Waals surface area contributed by atoms with Gasteiger partial charge in [0.1, 0.15) is 5.78 Å². The van der Waals surface area contributed by atoms with Crippen LogP contribution in [-0.4, -0.2) is 33.9 Å². The van der Waals surface area contributed by atoms with Gasteiger partial charge in [0.25, 0.3) is 0 Å². The third kappa shape index (κ3) is 4.47. The van der Waals surface area contributed by atoms with Crippen molar-refractivity contribution in [1.82, 2.24) is 15.0 Å². The molecule has 0 atom stereocenters. The van der Waals surface area contributed by atoms with Gasteiger partial charge in [-0.2, -0.15) is 13.2 Å². The second kappa shape index (κ2) is 8.66. The van der Waals surface area contributed by atoms with Crippen LogP contribution in [0, 0.1) is 0 Å². The van der Waals surface area contributed by atoms with Gasteiger partial charge in [0.05, 0.1) is 11.0 Å². The standard InChI is InChI=1S/C23H21F3N4O2/c24-23(25,26)18-5-8-28-19(11-18)12-20(31)22(6-9-32-10-7-22)17-3-1-15(2-4-17)16-13-29-21(27)30-14-16/h1-5,8,11,13-14H,6-7,9-10,12H2,(H2,27,29,30). The van der Waals surface area contributed by atoms with Crippen LogP contribution >= 0.6 is 0 Å². The molecule has 32 heavy (non-hydrogen) atoms. The Bertz CT molecular complexity index is 1090. The summed E-state index contributed by atoms with van der Waals surface area (Å²) in [6.07, 6.45) is 0.560. The summed E-state index contributed by atoms with van der Waals surface area (Å²) in [4.78, 5) is 25.4. The summed E-state index contributed by atoms with van der Waals surface area (Å²) in [5.41, 5.74) is 6.43. The Morgan fingerprint density at radius 2 is 1.66 bits per heavy atom. The first-order valence-electron chi connectivity index (χ1n) is 10.1. The van der Waals surface area contributed by atoms with Crippen LogP contribution in [0.1, 0.15) is 29.7 Å². The molecule has 6 nitrogen and oxygen atoms in total. The summed E-state index contributed by atoms with van der Waals surface area (Å²) < 4.78 is 44.6. The number of rotatable bonds is 5. The van der Waals surface area contributed by atoms with Gasteiger partial charge in [0, 0.05) is 49.5 Å². The highest BCUT2D eigenvalue weighted by Crippen LogP contribution is 2.38. The number of nitrogens with two attached hydrogens (primary N) is 1. The van der Waals surface area contributed by atoms with Crippen LogP contribution in [-0.2, 0) is 27.5 Å². The van der Waals surface area contributed by atoms with E-state index in [4.69, 9.17) is 10.5 Å². The summed E-state index contributed by atoms with van der Waals surface area (Å²) >= 11 is 0. The van der Waals surface area contributed by atoms with E-state index in [2.05, 4.69) is 15.0 Å². The highest BCUT2D eigenvalue weighted by atomic mass is 19.4. The van der Waals surface area contributed by atoms with Crippen LogP contribution < -0.4 is 5.73 Å². The molecule has 166 valence electrons. The topological polar surface area (TPSA) is 91.0 Å². The van der Waals surface area contributed by atoms with Crippen molar-refractivity contribution in [2.45, 2.75) is 30.9 Å². The van der Waals surface area contributed by atoms with E-state index in [-0.39, 0.29) is 23.8 Å². The maximum absolute atomic E-state index is 13.4. The van der Waals surface area contributed by atoms with E-state index in [9.17, 15) is 18.0 Å². The number of benzene rings is 1. The number of pyridine rings is 1. The molecule has 1 aliphatic heterocycles. The predicted octanol–water partition coefficient (Wildman–Crippen LogP) is 4.00. The number of alkyl halides is 3. The molecular formula is C23H21F3N4O2. The lowest BCUT2D eigenvalue weighted by molar-refractivity contribution is -0.137. The first kappa shape index (κ1) is 21.9. The van der Waals surface area contributed by atoms with Crippen molar-refractivity contribution in [1.29, 1.82) is 0 Å². The number of hydrogen-bond acceptors (Lipinski definition) is 6. The molecule has 3 aromatic rings. The molecule has 3 heterocycles. The molecule has 0 amide bonds. The molecule has 0 unspecified atom stereocenters. The van der Waals surface area contributed by atoms with Crippen LogP contribution in [0.3, 0.4) is 0 Å². The van der Waals surface area contributed by atoms with E-state index >= 15 is 0 Å². The molecule has 1 aliphatic rings. The number of nitrogens with zero attached hydrogens (tertiary/aromatic N) is 3. The lowest BCUT2D eigenvalue weighted by Gasteiger charge is -2.36. The van der Waals surface area contributed by atoms with Crippen molar-refractivity contribution in [3.63, 3.8) is 0 Å². The molecule has 0 radical (unpaired) electrons. The minimum atomic E-state index is -4.49. The van der Waals surface area contributed by atoms with Crippen molar-refractivity contribution >= 4 is 11.7 Å². The highest BCUT2D eigenvalue weighted by molar-refractivity contribution is 5.92. The molecule has 1 aromatic carbocycles. The molecule has 1 saturated heterocycles. The van der Waals surface area contributed by atoms with E-state index in [1.54, 1.807) is 12.4 Å². The maximum Gasteiger partial charge on any atom is 0.416 e. The number of halogens is 3. The molecule has 4 rings (SSSR count). The monoisotopic (exact) mass is 442 g/mol. The first-order valence-corrected chi connectivity index (χ1v) is 10.1. The summed E-state index contributed by atoms with van der Waals surface area (Å²) in [6, 6.07) is 9.32. The Morgan fingerprint density at radius 3 is 2.28 bits per heavy atom. The third-order valence-electron chi connectivity index (χ3n) is 5.81. The van der Waals surface area contributed by atoms with Crippen molar-refractivity contribution < 1.29 is 22.7 Å². The summed E-state index contributed by atoms with van der Waals surface area (Å²) in [6.45, 7) is 0.796. The second-order valence-corrected chi connectivity index (χ2v) is 7.74. The number of aromatic nitrogens is 3. The van der Waals surface area contributed by atoms with Crippen molar-refractivity contribution in [2.24, 2.45) is 0 Å². The number of carbonyl (C=O) groups excluding carboxylic acids is 1. The van der Waals surface area contributed by atoms with Gasteiger partial charge in [-0.1, -0.05) is 24.3 Å². The van der Waals surface area contributed by atoms with E-state index < -0.39 is 17.2 Å². The maximum atomic E-state index is 13.4. The van der Waals surface area contributed by atoms with Gasteiger partial charge in [-0.05, 0) is 36.1 Å². The molecule has 0 spiro atoms. The Morgan fingerprint density at radius 1 is 1.00 bits per heavy atom. The number of ketones is 1. The minimum absolute atomic E-state index is 0.103. The van der Waals surface area contributed by atoms with E-state index in [0.29, 0.717) is 26.1 Å². The van der Waals surface area contributed by atoms with Crippen molar-refractivity contribution in [3.8, 4) is 11.1 Å².